The molecule has 7 amide bonds. The van der Waals surface area contributed by atoms with Gasteiger partial charge in [0.05, 0.1) is 12.5 Å². The molecule has 3 saturated heterocycles. The first-order chi connectivity index (χ1) is 27.2. The third kappa shape index (κ3) is 12.9. The summed E-state index contributed by atoms with van der Waals surface area (Å²) in [6, 6.07) is -6.08. The van der Waals surface area contributed by atoms with Crippen LogP contribution in [0.3, 0.4) is 0 Å². The molecule has 3 heterocycles. The van der Waals surface area contributed by atoms with Gasteiger partial charge >= 0.3 is 5.97 Å². The summed E-state index contributed by atoms with van der Waals surface area (Å²) in [5, 5.41) is 30.6. The van der Waals surface area contributed by atoms with E-state index in [2.05, 4.69) is 28.2 Å². The van der Waals surface area contributed by atoms with E-state index >= 15 is 0 Å². The number of carboxylic acid groups (broad SMARTS) is 1. The van der Waals surface area contributed by atoms with Gasteiger partial charge in [0.25, 0.3) is 0 Å². The summed E-state index contributed by atoms with van der Waals surface area (Å²) in [5.41, 5.74) is 0. The lowest BCUT2D eigenvalue weighted by Crippen LogP contribution is -2.61. The van der Waals surface area contributed by atoms with Crippen LogP contribution in [0, 0.1) is 11.8 Å². The molecule has 320 valence electrons. The number of hydrogen-bond donors (Lipinski definition) is 6. The first-order valence-corrected chi connectivity index (χ1v) is 21.2. The fourth-order valence-corrected chi connectivity index (χ4v) is 8.49. The summed E-state index contributed by atoms with van der Waals surface area (Å²) in [5.74, 6) is -4.57. The van der Waals surface area contributed by atoms with Gasteiger partial charge in [0, 0.05) is 45.6 Å². The molecule has 0 radical (unpaired) electrons. The van der Waals surface area contributed by atoms with Crippen LogP contribution in [0.4, 0.5) is 0 Å². The molecule has 0 aromatic carbocycles. The SMILES string of the molecule is CCCNC(=O)[C@@H](NC(=O)[C@@H]1CCCN1C(=O)[C@H](CC(=O)O)NC(=O)[C@@H]1CCCCN1C(=O)[C@H](CCC(=O)N1CCC1)NC(=O)C[C@H](C)C1CCCCC1)[C@@H](C)O. The number of aliphatic carboxylic acids is 1. The van der Waals surface area contributed by atoms with Crippen LogP contribution in [0.25, 0.3) is 0 Å². The number of carbonyl (C=O) groups is 8. The van der Waals surface area contributed by atoms with E-state index in [1.165, 1.54) is 23.1 Å². The lowest BCUT2D eigenvalue weighted by Gasteiger charge is -2.38. The van der Waals surface area contributed by atoms with Gasteiger partial charge < -0.3 is 46.2 Å². The van der Waals surface area contributed by atoms with Crippen molar-refractivity contribution in [3.8, 4) is 0 Å². The fraction of sp³-hybridized carbons (Fsp3) is 0.800. The number of carbonyl (C=O) groups excluding carboxylic acids is 7. The zero-order valence-electron chi connectivity index (χ0n) is 34.0. The molecule has 3 aliphatic heterocycles. The van der Waals surface area contributed by atoms with Crippen molar-refractivity contribution in [2.24, 2.45) is 11.8 Å². The lowest BCUT2D eigenvalue weighted by molar-refractivity contribution is -0.149. The maximum Gasteiger partial charge on any atom is 0.305 e. The number of hydrogen-bond acceptors (Lipinski definition) is 9. The monoisotopic (exact) mass is 803 g/mol. The third-order valence-corrected chi connectivity index (χ3v) is 12.0. The average molecular weight is 804 g/mol. The van der Waals surface area contributed by atoms with Crippen LogP contribution < -0.4 is 21.3 Å². The number of aliphatic hydroxyl groups excluding tert-OH is 1. The molecule has 6 N–H and O–H groups in total. The number of nitrogens with zero attached hydrogens (tertiary/aromatic N) is 3. The van der Waals surface area contributed by atoms with E-state index in [0.717, 1.165) is 32.1 Å². The first kappa shape index (κ1) is 45.4. The summed E-state index contributed by atoms with van der Waals surface area (Å²) in [7, 11) is 0. The van der Waals surface area contributed by atoms with Crippen LogP contribution in [0.15, 0.2) is 0 Å². The van der Waals surface area contributed by atoms with E-state index in [1.807, 2.05) is 6.92 Å². The fourth-order valence-electron chi connectivity index (χ4n) is 8.49. The normalized spacial score (nSPS) is 22.6. The third-order valence-electron chi connectivity index (χ3n) is 12.0. The highest BCUT2D eigenvalue weighted by Crippen LogP contribution is 2.31. The van der Waals surface area contributed by atoms with Gasteiger partial charge in [-0.25, -0.2) is 0 Å². The minimum atomic E-state index is -1.58. The predicted molar refractivity (Wildman–Crippen MR) is 208 cm³/mol. The molecule has 4 rings (SSSR count). The maximum atomic E-state index is 14.3. The molecule has 1 aliphatic carbocycles. The van der Waals surface area contributed by atoms with Crippen LogP contribution in [0.5, 0.6) is 0 Å². The second kappa shape index (κ2) is 22.0. The quantitative estimate of drug-likeness (QED) is 0.108. The minimum Gasteiger partial charge on any atom is -0.481 e. The van der Waals surface area contributed by atoms with Crippen molar-refractivity contribution in [2.45, 2.75) is 160 Å². The molecule has 0 bridgehead atoms. The number of piperidine rings is 1. The molecular formula is C40H65N7O10. The van der Waals surface area contributed by atoms with E-state index in [-0.39, 0.29) is 62.9 Å². The largest absolute Gasteiger partial charge is 0.481 e. The van der Waals surface area contributed by atoms with Crippen LogP contribution in [0.2, 0.25) is 0 Å². The van der Waals surface area contributed by atoms with Crippen LogP contribution in [0.1, 0.15) is 124 Å². The van der Waals surface area contributed by atoms with Crippen molar-refractivity contribution in [3.63, 3.8) is 0 Å². The van der Waals surface area contributed by atoms with E-state index < -0.39 is 78.2 Å². The van der Waals surface area contributed by atoms with E-state index in [0.29, 0.717) is 51.2 Å². The highest BCUT2D eigenvalue weighted by Gasteiger charge is 2.42. The van der Waals surface area contributed by atoms with Gasteiger partial charge in [0.2, 0.25) is 41.4 Å². The van der Waals surface area contributed by atoms with Gasteiger partial charge in [-0.3, -0.25) is 38.4 Å². The lowest BCUT2D eigenvalue weighted by atomic mass is 9.79. The number of amides is 7. The van der Waals surface area contributed by atoms with Crippen molar-refractivity contribution >= 4 is 47.3 Å². The highest BCUT2D eigenvalue weighted by molar-refractivity contribution is 5.98. The van der Waals surface area contributed by atoms with Crippen LogP contribution >= 0.6 is 0 Å². The van der Waals surface area contributed by atoms with Crippen molar-refractivity contribution < 1.29 is 48.6 Å². The van der Waals surface area contributed by atoms with Crippen LogP contribution in [-0.2, 0) is 38.4 Å². The van der Waals surface area contributed by atoms with Crippen molar-refractivity contribution in [2.75, 3.05) is 32.7 Å². The Morgan fingerprint density at radius 1 is 0.684 bits per heavy atom. The second-order valence-electron chi connectivity index (χ2n) is 16.4. The zero-order chi connectivity index (χ0) is 41.6. The molecule has 17 heteroatoms. The Labute approximate surface area is 335 Å². The van der Waals surface area contributed by atoms with E-state index in [9.17, 15) is 48.6 Å². The van der Waals surface area contributed by atoms with Crippen molar-refractivity contribution in [1.82, 2.24) is 36.0 Å². The van der Waals surface area contributed by atoms with Gasteiger partial charge in [0.15, 0.2) is 0 Å². The van der Waals surface area contributed by atoms with E-state index in [1.54, 1.807) is 4.90 Å². The Balaban J connectivity index is 1.47. The predicted octanol–water partition coefficient (Wildman–Crippen LogP) is 0.814. The minimum absolute atomic E-state index is 0.0424. The standard InChI is InChI=1S/C40H65N7O10/c1-4-18-41-38(55)35(26(3)48)44-37(54)31-15-10-22-47(31)40(57)29(24-34(51)52)43-36(53)30-14-8-9-21-46(30)39(56)28(16-17-33(50)45-19-11-20-45)42-32(49)23-25(2)27-12-6-5-7-13-27/h25-31,35,48H,4-24H2,1-3H3,(H,41,55)(H,42,49)(H,43,53)(H,44,54)(H,51,52)/t25-,26+,28-,29-,30-,31-,35-/m0/s1. The van der Waals surface area contributed by atoms with Gasteiger partial charge in [-0.15, -0.1) is 0 Å². The molecule has 7 atom stereocenters. The molecule has 4 aliphatic rings. The number of aliphatic hydroxyl groups is 1. The Morgan fingerprint density at radius 3 is 1.88 bits per heavy atom. The zero-order valence-corrected chi connectivity index (χ0v) is 34.0. The van der Waals surface area contributed by atoms with Gasteiger partial charge in [-0.2, -0.15) is 0 Å². The van der Waals surface area contributed by atoms with E-state index in [4.69, 9.17) is 0 Å². The number of rotatable bonds is 19. The molecule has 17 nitrogen and oxygen atoms in total. The summed E-state index contributed by atoms with van der Waals surface area (Å²) in [4.78, 5) is 111. The topological polar surface area (TPSA) is 235 Å². The molecule has 4 fully saturated rings. The Kier molecular flexibility index (Phi) is 17.6. The maximum absolute atomic E-state index is 14.3. The summed E-state index contributed by atoms with van der Waals surface area (Å²) < 4.78 is 0. The highest BCUT2D eigenvalue weighted by atomic mass is 16.4. The Bertz CT molecular complexity index is 1450. The van der Waals surface area contributed by atoms with Crippen molar-refractivity contribution in [3.05, 3.63) is 0 Å². The number of nitrogens with one attached hydrogen (secondary N) is 4. The van der Waals surface area contributed by atoms with Crippen molar-refractivity contribution in [1.29, 1.82) is 0 Å². The van der Waals surface area contributed by atoms with Gasteiger partial charge in [-0.1, -0.05) is 46.0 Å². The van der Waals surface area contributed by atoms with Gasteiger partial charge in [0.1, 0.15) is 30.2 Å². The number of likely N-dealkylation sites (tertiary alicyclic amines) is 3. The summed E-state index contributed by atoms with van der Waals surface area (Å²) >= 11 is 0. The summed E-state index contributed by atoms with van der Waals surface area (Å²) in [6.45, 7) is 7.16. The molecule has 0 unspecified atom stereocenters. The molecule has 57 heavy (non-hydrogen) atoms. The molecule has 0 aromatic rings. The Hall–Kier alpha value is -4.28. The average Bonchev–Trinajstić information content (AvgIpc) is 3.66. The second-order valence-corrected chi connectivity index (χ2v) is 16.4. The molecule has 1 saturated carbocycles. The molecule has 0 aromatic heterocycles. The molecule has 0 spiro atoms. The smallest absolute Gasteiger partial charge is 0.305 e. The molecular weight excluding hydrogens is 738 g/mol. The summed E-state index contributed by atoms with van der Waals surface area (Å²) in [6.07, 6.45) is 7.41. The van der Waals surface area contributed by atoms with Gasteiger partial charge in [-0.05, 0) is 70.1 Å². The van der Waals surface area contributed by atoms with Crippen LogP contribution in [-0.4, -0.2) is 141 Å². The Morgan fingerprint density at radius 2 is 1.28 bits per heavy atom. The first-order valence-electron chi connectivity index (χ1n) is 21.2. The number of carboxylic acids is 1.